The van der Waals surface area contributed by atoms with Crippen molar-refractivity contribution < 1.29 is 14.4 Å². The van der Waals surface area contributed by atoms with Gasteiger partial charge in [0, 0.05) is 32.2 Å². The molecule has 1 aromatic rings. The van der Waals surface area contributed by atoms with Crippen LogP contribution in [0.5, 0.6) is 11.5 Å². The van der Waals surface area contributed by atoms with E-state index < -0.39 is 0 Å². The van der Waals surface area contributed by atoms with Gasteiger partial charge in [0.2, 0.25) is 0 Å². The zero-order valence-electron chi connectivity index (χ0n) is 13.6. The quantitative estimate of drug-likeness (QED) is 0.637. The standard InChI is InChI=1S/C16H23N3O4/c1-22-14-9-12(13(19(20)21)10-15(14)23-2)16(11-3-4-11)18-7-5-17-6-8-18/h9-11,16-17H,3-8H2,1-2H3/t16-/m1/s1. The largest absolute Gasteiger partial charge is 0.493 e. The van der Waals surface area contributed by atoms with Gasteiger partial charge in [-0.3, -0.25) is 15.0 Å². The number of nitro benzene ring substituents is 1. The van der Waals surface area contributed by atoms with Gasteiger partial charge in [-0.15, -0.1) is 0 Å². The number of hydrogen-bond acceptors (Lipinski definition) is 6. The number of piperazine rings is 1. The first-order valence-corrected chi connectivity index (χ1v) is 8.00. The maximum atomic E-state index is 11.6. The maximum absolute atomic E-state index is 11.6. The lowest BCUT2D eigenvalue weighted by atomic mass is 9.97. The Kier molecular flexibility index (Phi) is 4.68. The highest BCUT2D eigenvalue weighted by Crippen LogP contribution is 2.49. The van der Waals surface area contributed by atoms with Gasteiger partial charge in [-0.2, -0.15) is 0 Å². The lowest BCUT2D eigenvalue weighted by Gasteiger charge is -2.35. The normalized spacial score (nSPS) is 20.1. The Morgan fingerprint density at radius 2 is 1.83 bits per heavy atom. The Morgan fingerprint density at radius 3 is 2.35 bits per heavy atom. The Bertz CT molecular complexity index is 583. The first-order valence-electron chi connectivity index (χ1n) is 8.00. The molecule has 3 rings (SSSR count). The van der Waals surface area contributed by atoms with E-state index in [0.717, 1.165) is 44.6 Å². The third-order valence-corrected chi connectivity index (χ3v) is 4.66. The van der Waals surface area contributed by atoms with Crippen molar-refractivity contribution in [3.05, 3.63) is 27.8 Å². The highest BCUT2D eigenvalue weighted by atomic mass is 16.6. The Hall–Kier alpha value is -1.86. The van der Waals surface area contributed by atoms with Crippen LogP contribution in [0.4, 0.5) is 5.69 Å². The number of nitrogens with zero attached hydrogens (tertiary/aromatic N) is 2. The van der Waals surface area contributed by atoms with E-state index in [9.17, 15) is 10.1 Å². The number of hydrogen-bond donors (Lipinski definition) is 1. The molecule has 7 nitrogen and oxygen atoms in total. The summed E-state index contributed by atoms with van der Waals surface area (Å²) in [5, 5.41) is 14.9. The minimum absolute atomic E-state index is 0.0808. The molecule has 1 saturated heterocycles. The molecule has 2 aliphatic rings. The molecule has 1 N–H and O–H groups in total. The summed E-state index contributed by atoms with van der Waals surface area (Å²) in [7, 11) is 3.06. The second kappa shape index (κ2) is 6.72. The third kappa shape index (κ3) is 3.25. The van der Waals surface area contributed by atoms with E-state index in [0.29, 0.717) is 17.4 Å². The lowest BCUT2D eigenvalue weighted by molar-refractivity contribution is -0.386. The molecule has 1 atom stereocenters. The predicted molar refractivity (Wildman–Crippen MR) is 86.1 cm³/mol. The van der Waals surface area contributed by atoms with Gasteiger partial charge in [0.25, 0.3) is 5.69 Å². The fourth-order valence-electron chi connectivity index (χ4n) is 3.40. The predicted octanol–water partition coefficient (Wildman–Crippen LogP) is 1.97. The minimum Gasteiger partial charge on any atom is -0.493 e. The summed E-state index contributed by atoms with van der Waals surface area (Å²) in [6.45, 7) is 3.66. The van der Waals surface area contributed by atoms with Crippen LogP contribution in [0.3, 0.4) is 0 Å². The molecular weight excluding hydrogens is 298 g/mol. The molecule has 7 heteroatoms. The van der Waals surface area contributed by atoms with E-state index in [2.05, 4.69) is 10.2 Å². The van der Waals surface area contributed by atoms with E-state index in [1.165, 1.54) is 13.2 Å². The van der Waals surface area contributed by atoms with Crippen LogP contribution in [-0.4, -0.2) is 50.2 Å². The van der Waals surface area contributed by atoms with E-state index in [1.807, 2.05) is 0 Å². The third-order valence-electron chi connectivity index (χ3n) is 4.66. The summed E-state index contributed by atoms with van der Waals surface area (Å²) in [6, 6.07) is 3.37. The van der Waals surface area contributed by atoms with Gasteiger partial charge in [0.05, 0.1) is 30.8 Å². The van der Waals surface area contributed by atoms with Crippen molar-refractivity contribution in [1.29, 1.82) is 0 Å². The summed E-state index contributed by atoms with van der Waals surface area (Å²) in [4.78, 5) is 13.7. The van der Waals surface area contributed by atoms with Crippen molar-refractivity contribution in [3.8, 4) is 11.5 Å². The van der Waals surface area contributed by atoms with Crippen LogP contribution < -0.4 is 14.8 Å². The molecule has 0 unspecified atom stereocenters. The summed E-state index contributed by atoms with van der Waals surface area (Å²) < 4.78 is 10.6. The van der Waals surface area contributed by atoms with Crippen molar-refractivity contribution in [3.63, 3.8) is 0 Å². The van der Waals surface area contributed by atoms with Gasteiger partial charge >= 0.3 is 0 Å². The average molecular weight is 321 g/mol. The van der Waals surface area contributed by atoms with Crippen molar-refractivity contribution in [2.75, 3.05) is 40.4 Å². The number of nitro groups is 1. The Morgan fingerprint density at radius 1 is 1.22 bits per heavy atom. The Balaban J connectivity index is 2.05. The number of benzene rings is 1. The van der Waals surface area contributed by atoms with Gasteiger partial charge in [-0.05, 0) is 24.8 Å². The van der Waals surface area contributed by atoms with Crippen molar-refractivity contribution >= 4 is 5.69 Å². The maximum Gasteiger partial charge on any atom is 0.278 e. The van der Waals surface area contributed by atoms with Crippen LogP contribution in [0.2, 0.25) is 0 Å². The Labute approximate surface area is 135 Å². The minimum atomic E-state index is -0.311. The number of methoxy groups -OCH3 is 2. The molecule has 1 aromatic carbocycles. The van der Waals surface area contributed by atoms with Crippen molar-refractivity contribution in [2.45, 2.75) is 18.9 Å². The smallest absolute Gasteiger partial charge is 0.278 e. The van der Waals surface area contributed by atoms with Gasteiger partial charge in [0.1, 0.15) is 0 Å². The molecular formula is C16H23N3O4. The van der Waals surface area contributed by atoms with Crippen LogP contribution in [-0.2, 0) is 0 Å². The molecule has 1 aliphatic heterocycles. The summed E-state index contributed by atoms with van der Waals surface area (Å²) in [5.41, 5.74) is 0.870. The second-order valence-electron chi connectivity index (χ2n) is 6.09. The van der Waals surface area contributed by atoms with Crippen molar-refractivity contribution in [1.82, 2.24) is 10.2 Å². The van der Waals surface area contributed by atoms with Crippen LogP contribution in [0.15, 0.2) is 12.1 Å². The van der Waals surface area contributed by atoms with Gasteiger partial charge in [-0.1, -0.05) is 0 Å². The molecule has 0 spiro atoms. The number of ether oxygens (including phenoxy) is 2. The van der Waals surface area contributed by atoms with Crippen LogP contribution >= 0.6 is 0 Å². The molecule has 0 aromatic heterocycles. The van der Waals surface area contributed by atoms with Crippen LogP contribution in [0.1, 0.15) is 24.4 Å². The molecule has 0 bridgehead atoms. The number of nitrogens with one attached hydrogen (secondary N) is 1. The highest BCUT2D eigenvalue weighted by molar-refractivity contribution is 5.55. The molecule has 0 radical (unpaired) electrons. The topological polar surface area (TPSA) is 76.9 Å². The molecule has 2 fully saturated rings. The lowest BCUT2D eigenvalue weighted by Crippen LogP contribution is -2.45. The first kappa shape index (κ1) is 16.0. The van der Waals surface area contributed by atoms with Crippen LogP contribution in [0, 0.1) is 16.0 Å². The molecule has 0 amide bonds. The summed E-state index contributed by atoms with van der Waals surface area (Å²) in [5.74, 6) is 1.44. The molecule has 23 heavy (non-hydrogen) atoms. The zero-order valence-corrected chi connectivity index (χ0v) is 13.6. The zero-order chi connectivity index (χ0) is 16.4. The molecule has 1 heterocycles. The van der Waals surface area contributed by atoms with E-state index in [-0.39, 0.29) is 16.7 Å². The number of rotatable bonds is 6. The van der Waals surface area contributed by atoms with E-state index in [1.54, 1.807) is 13.2 Å². The summed E-state index contributed by atoms with van der Waals surface area (Å²) in [6.07, 6.45) is 2.25. The second-order valence-corrected chi connectivity index (χ2v) is 6.09. The first-order chi connectivity index (χ1) is 11.2. The SMILES string of the molecule is COc1cc([C@@H](C2CC2)N2CCNCC2)c([N+](=O)[O-])cc1OC. The van der Waals surface area contributed by atoms with Gasteiger partial charge in [0.15, 0.2) is 11.5 Å². The van der Waals surface area contributed by atoms with Gasteiger partial charge < -0.3 is 14.8 Å². The van der Waals surface area contributed by atoms with Crippen LogP contribution in [0.25, 0.3) is 0 Å². The monoisotopic (exact) mass is 321 g/mol. The van der Waals surface area contributed by atoms with Gasteiger partial charge in [-0.25, -0.2) is 0 Å². The fourth-order valence-corrected chi connectivity index (χ4v) is 3.40. The van der Waals surface area contributed by atoms with Crippen molar-refractivity contribution in [2.24, 2.45) is 5.92 Å². The molecule has 1 aliphatic carbocycles. The fraction of sp³-hybridized carbons (Fsp3) is 0.625. The van der Waals surface area contributed by atoms with E-state index >= 15 is 0 Å². The molecule has 126 valence electrons. The highest BCUT2D eigenvalue weighted by Gasteiger charge is 2.40. The molecule has 1 saturated carbocycles. The van der Waals surface area contributed by atoms with E-state index in [4.69, 9.17) is 9.47 Å². The summed E-state index contributed by atoms with van der Waals surface area (Å²) >= 11 is 0. The average Bonchev–Trinajstić information content (AvgIpc) is 3.40.